The van der Waals surface area contributed by atoms with Gasteiger partial charge in [0.2, 0.25) is 5.95 Å². The zero-order valence-electron chi connectivity index (χ0n) is 18.8. The van der Waals surface area contributed by atoms with Gasteiger partial charge < -0.3 is 13.7 Å². The smallest absolute Gasteiger partial charge is 0.416 e. The second kappa shape index (κ2) is 9.47. The fourth-order valence-electron chi connectivity index (χ4n) is 4.17. The van der Waals surface area contributed by atoms with Gasteiger partial charge in [-0.1, -0.05) is 12.1 Å². The maximum atomic E-state index is 13.5. The van der Waals surface area contributed by atoms with E-state index in [1.54, 1.807) is 25.1 Å². The molecule has 0 aliphatic carbocycles. The molecule has 2 atom stereocenters. The van der Waals surface area contributed by atoms with Crippen LogP contribution in [0.25, 0.3) is 11.3 Å². The van der Waals surface area contributed by atoms with Gasteiger partial charge in [-0.25, -0.2) is 4.98 Å². The van der Waals surface area contributed by atoms with Crippen molar-refractivity contribution in [2.45, 2.75) is 30.3 Å². The van der Waals surface area contributed by atoms with Gasteiger partial charge in [0.15, 0.2) is 16.6 Å². The van der Waals surface area contributed by atoms with Crippen LogP contribution >= 0.6 is 0 Å². The highest BCUT2D eigenvalue weighted by molar-refractivity contribution is 7.92. The molecule has 2 unspecified atom stereocenters. The minimum atomic E-state index is -4.51. The summed E-state index contributed by atoms with van der Waals surface area (Å²) in [4.78, 5) is 8.27. The van der Waals surface area contributed by atoms with Crippen molar-refractivity contribution >= 4 is 17.2 Å². The molecule has 2 aromatic carbocycles. The number of aromatic nitrogens is 2. The van der Waals surface area contributed by atoms with Gasteiger partial charge in [0, 0.05) is 30.0 Å². The van der Waals surface area contributed by atoms with Gasteiger partial charge in [-0.2, -0.15) is 27.3 Å². The number of anilines is 1. The van der Waals surface area contributed by atoms with E-state index in [1.165, 1.54) is 30.5 Å². The van der Waals surface area contributed by atoms with E-state index in [-0.39, 0.29) is 11.7 Å². The van der Waals surface area contributed by atoms with Crippen LogP contribution in [0.15, 0.2) is 70.2 Å². The number of halogens is 4. The number of ether oxygens (including phenoxy) is 1. The second-order valence-corrected chi connectivity index (χ2v) is 9.37. The van der Waals surface area contributed by atoms with E-state index in [0.29, 0.717) is 46.4 Å². The second-order valence-electron chi connectivity index (χ2n) is 8.16. The van der Waals surface area contributed by atoms with E-state index >= 15 is 0 Å². The molecule has 11 heteroatoms. The molecule has 0 amide bonds. The third-order valence-corrected chi connectivity index (χ3v) is 6.88. The number of aryl methyl sites for hydroxylation is 1. The normalized spacial score (nSPS) is 16.2. The number of oxazole rings is 1. The zero-order valence-corrected chi connectivity index (χ0v) is 19.6. The van der Waals surface area contributed by atoms with Crippen LogP contribution < -0.4 is 9.46 Å². The summed E-state index contributed by atoms with van der Waals surface area (Å²) in [6.07, 6.45) is -2.65. The standard InChI is InChI=1S/C25H19F4N3O3S/c1-14-30-21(13-35-14)20-11-15(25(27,28)29)5-7-17(20)18-9-10-34-22-12-16(6-8-19(18)22)36(33)32-24-4-2-3-23(26)31-24/h2-8,11-13,18H,9-10H2,1H3,(H,31,32). The van der Waals surface area contributed by atoms with Crippen molar-refractivity contribution in [1.29, 1.82) is 0 Å². The summed E-state index contributed by atoms with van der Waals surface area (Å²) < 4.78 is 80.3. The Morgan fingerprint density at radius 3 is 2.58 bits per heavy atom. The number of fused-ring (bicyclic) bond motifs is 1. The molecule has 6 nitrogen and oxygen atoms in total. The van der Waals surface area contributed by atoms with Crippen LogP contribution in [0.3, 0.4) is 0 Å². The average Bonchev–Trinajstić information content (AvgIpc) is 3.28. The van der Waals surface area contributed by atoms with Crippen molar-refractivity contribution in [3.8, 4) is 17.0 Å². The number of nitrogens with one attached hydrogen (secondary N) is 1. The summed E-state index contributed by atoms with van der Waals surface area (Å²) in [7, 11) is 0. The number of alkyl halides is 3. The minimum absolute atomic E-state index is 0.113. The van der Waals surface area contributed by atoms with Crippen LogP contribution in [0.1, 0.15) is 34.9 Å². The third-order valence-electron chi connectivity index (χ3n) is 5.80. The van der Waals surface area contributed by atoms with E-state index in [1.807, 2.05) is 0 Å². The largest absolute Gasteiger partial charge is 0.588 e. The number of nitrogens with zero attached hydrogens (tertiary/aromatic N) is 2. The number of hydrogen-bond acceptors (Lipinski definition) is 6. The van der Waals surface area contributed by atoms with Gasteiger partial charge in [-0.15, -0.1) is 0 Å². The average molecular weight is 518 g/mol. The predicted octanol–water partition coefficient (Wildman–Crippen LogP) is 6.25. The molecule has 0 saturated heterocycles. The molecule has 0 fully saturated rings. The van der Waals surface area contributed by atoms with Crippen molar-refractivity contribution < 1.29 is 31.3 Å². The van der Waals surface area contributed by atoms with Crippen molar-refractivity contribution in [3.05, 3.63) is 89.4 Å². The van der Waals surface area contributed by atoms with E-state index in [0.717, 1.165) is 17.7 Å². The Labute approximate surface area is 206 Å². The number of hydrogen-bond donors (Lipinski definition) is 1. The molecular weight excluding hydrogens is 498 g/mol. The third kappa shape index (κ3) is 4.89. The summed E-state index contributed by atoms with van der Waals surface area (Å²) >= 11 is -1.75. The number of benzene rings is 2. The van der Waals surface area contributed by atoms with Crippen LogP contribution in [0.2, 0.25) is 0 Å². The van der Waals surface area contributed by atoms with Gasteiger partial charge in [0.1, 0.15) is 29.1 Å². The number of pyridine rings is 1. The topological polar surface area (TPSA) is 83.2 Å². The summed E-state index contributed by atoms with van der Waals surface area (Å²) in [6.45, 7) is 1.93. The lowest BCUT2D eigenvalue weighted by Crippen LogP contribution is -2.19. The van der Waals surface area contributed by atoms with Crippen molar-refractivity contribution in [1.82, 2.24) is 9.97 Å². The summed E-state index contributed by atoms with van der Waals surface area (Å²) in [5.41, 5.74) is 1.25. The lowest BCUT2D eigenvalue weighted by Gasteiger charge is -2.28. The van der Waals surface area contributed by atoms with Crippen molar-refractivity contribution in [3.63, 3.8) is 0 Å². The summed E-state index contributed by atoms with van der Waals surface area (Å²) in [5, 5.41) is 0. The Morgan fingerprint density at radius 2 is 1.86 bits per heavy atom. The molecule has 0 radical (unpaired) electrons. The lowest BCUT2D eigenvalue weighted by atomic mass is 9.83. The zero-order chi connectivity index (χ0) is 25.4. The summed E-state index contributed by atoms with van der Waals surface area (Å²) in [5.74, 6) is -0.0739. The van der Waals surface area contributed by atoms with E-state index in [2.05, 4.69) is 14.7 Å². The van der Waals surface area contributed by atoms with Gasteiger partial charge in [0.05, 0.1) is 12.2 Å². The van der Waals surface area contributed by atoms with E-state index < -0.39 is 29.0 Å². The molecule has 3 heterocycles. The Kier molecular flexibility index (Phi) is 6.35. The molecular formula is C25H19F4N3O3S. The van der Waals surface area contributed by atoms with Crippen LogP contribution in [-0.2, 0) is 17.5 Å². The highest BCUT2D eigenvalue weighted by Crippen LogP contribution is 2.44. The fourth-order valence-corrected chi connectivity index (χ4v) is 5.00. The molecule has 1 aliphatic heterocycles. The van der Waals surface area contributed by atoms with E-state index in [9.17, 15) is 22.1 Å². The molecule has 1 N–H and O–H groups in total. The van der Waals surface area contributed by atoms with Gasteiger partial charge >= 0.3 is 6.18 Å². The highest BCUT2D eigenvalue weighted by Gasteiger charge is 2.34. The SMILES string of the molecule is Cc1nc(-c2cc(C(F)(F)F)ccc2C2CCOc3cc([S+]([O-])Nc4cccc(F)n4)ccc32)co1. The summed E-state index contributed by atoms with van der Waals surface area (Å²) in [6, 6.07) is 12.7. The maximum absolute atomic E-state index is 13.5. The quantitative estimate of drug-likeness (QED) is 0.191. The van der Waals surface area contributed by atoms with Gasteiger partial charge in [-0.05, 0) is 48.4 Å². The van der Waals surface area contributed by atoms with Crippen LogP contribution in [0.4, 0.5) is 23.4 Å². The Bertz CT molecular complexity index is 1410. The first-order valence-corrected chi connectivity index (χ1v) is 12.1. The molecule has 0 saturated carbocycles. The molecule has 0 spiro atoms. The number of rotatable bonds is 5. The fraction of sp³-hybridized carbons (Fsp3) is 0.200. The van der Waals surface area contributed by atoms with Gasteiger partial charge in [0.25, 0.3) is 0 Å². The highest BCUT2D eigenvalue weighted by atomic mass is 32.2. The first-order valence-electron chi connectivity index (χ1n) is 10.9. The van der Waals surface area contributed by atoms with Crippen LogP contribution in [0, 0.1) is 12.9 Å². The lowest BCUT2D eigenvalue weighted by molar-refractivity contribution is -0.137. The minimum Gasteiger partial charge on any atom is -0.588 e. The first kappa shape index (κ1) is 24.1. The molecule has 2 aromatic heterocycles. The van der Waals surface area contributed by atoms with E-state index in [4.69, 9.17) is 9.15 Å². The predicted molar refractivity (Wildman–Crippen MR) is 124 cm³/mol. The molecule has 4 aromatic rings. The first-order chi connectivity index (χ1) is 17.2. The Morgan fingerprint density at radius 1 is 1.06 bits per heavy atom. The van der Waals surface area contributed by atoms with Crippen molar-refractivity contribution in [2.75, 3.05) is 11.3 Å². The molecule has 36 heavy (non-hydrogen) atoms. The molecule has 186 valence electrons. The Balaban J connectivity index is 1.50. The maximum Gasteiger partial charge on any atom is 0.416 e. The monoisotopic (exact) mass is 517 g/mol. The van der Waals surface area contributed by atoms with Gasteiger partial charge in [-0.3, -0.25) is 0 Å². The molecule has 5 rings (SSSR count). The molecule has 0 bridgehead atoms. The molecule has 1 aliphatic rings. The Hall–Kier alpha value is -3.57. The van der Waals surface area contributed by atoms with Crippen LogP contribution in [0.5, 0.6) is 5.75 Å². The van der Waals surface area contributed by atoms with Crippen molar-refractivity contribution in [2.24, 2.45) is 0 Å². The van der Waals surface area contributed by atoms with Crippen LogP contribution in [-0.4, -0.2) is 21.1 Å².